The first-order chi connectivity index (χ1) is 10.3. The first-order valence-corrected chi connectivity index (χ1v) is 7.49. The maximum Gasteiger partial charge on any atom is 0.232 e. The number of fused-ring (bicyclic) bond motifs is 2. The smallest absolute Gasteiger partial charge is 0.232 e. The van der Waals surface area contributed by atoms with E-state index < -0.39 is 0 Å². The molecule has 0 fully saturated rings. The van der Waals surface area contributed by atoms with Crippen molar-refractivity contribution in [3.8, 4) is 11.6 Å². The van der Waals surface area contributed by atoms with Gasteiger partial charge in [-0.2, -0.15) is 4.98 Å². The Balaban J connectivity index is 1.80. The van der Waals surface area contributed by atoms with Crippen LogP contribution in [-0.4, -0.2) is 15.0 Å². The van der Waals surface area contributed by atoms with E-state index in [1.54, 1.807) is 6.20 Å². The number of aromatic nitrogens is 3. The highest BCUT2D eigenvalue weighted by Gasteiger charge is 2.10. The minimum Gasteiger partial charge on any atom is -0.438 e. The molecule has 0 N–H and O–H groups in total. The third-order valence-corrected chi connectivity index (χ3v) is 4.03. The molecule has 0 bridgehead atoms. The molecule has 102 valence electrons. The highest BCUT2D eigenvalue weighted by Crippen LogP contribution is 2.32. The zero-order valence-electron chi connectivity index (χ0n) is 10.7. The molecule has 0 aliphatic carbocycles. The normalized spacial score (nSPS) is 11.1. The molecule has 0 atom stereocenters. The predicted octanol–water partition coefficient (Wildman–Crippen LogP) is 4.69. The van der Waals surface area contributed by atoms with Gasteiger partial charge in [-0.25, -0.2) is 4.98 Å². The maximum atomic E-state index is 5.93. The van der Waals surface area contributed by atoms with Gasteiger partial charge in [0.25, 0.3) is 0 Å². The van der Waals surface area contributed by atoms with Gasteiger partial charge < -0.3 is 4.74 Å². The Kier molecular flexibility index (Phi) is 2.94. The van der Waals surface area contributed by atoms with Gasteiger partial charge in [0.05, 0.1) is 10.9 Å². The minimum atomic E-state index is 0.180. The van der Waals surface area contributed by atoms with Crippen LogP contribution in [0.15, 0.2) is 48.0 Å². The molecule has 1 aromatic carbocycles. The second-order valence-electron chi connectivity index (χ2n) is 4.40. The van der Waals surface area contributed by atoms with E-state index in [4.69, 9.17) is 16.3 Å². The number of ether oxygens (including phenoxy) is 1. The predicted molar refractivity (Wildman–Crippen MR) is 84.2 cm³/mol. The molecular weight excluding hydrogens is 306 g/mol. The second-order valence-corrected chi connectivity index (χ2v) is 5.63. The summed E-state index contributed by atoms with van der Waals surface area (Å²) in [5.41, 5.74) is 0.872. The largest absolute Gasteiger partial charge is 0.438 e. The molecule has 21 heavy (non-hydrogen) atoms. The molecule has 0 unspecified atom stereocenters. The fourth-order valence-corrected chi connectivity index (χ4v) is 3.07. The third-order valence-electron chi connectivity index (χ3n) is 3.05. The summed E-state index contributed by atoms with van der Waals surface area (Å²) in [5.74, 6) is 1.13. The lowest BCUT2D eigenvalue weighted by molar-refractivity contribution is 0.469. The SMILES string of the molecule is Clc1nc(Oc2ccc3cccnc3c2)c2ccsc2n1. The zero-order chi connectivity index (χ0) is 14.2. The van der Waals surface area contributed by atoms with Crippen molar-refractivity contribution < 1.29 is 4.74 Å². The number of hydrogen-bond acceptors (Lipinski definition) is 5. The van der Waals surface area contributed by atoms with E-state index in [1.807, 2.05) is 41.8 Å². The van der Waals surface area contributed by atoms with Gasteiger partial charge in [-0.3, -0.25) is 4.98 Å². The van der Waals surface area contributed by atoms with Gasteiger partial charge in [-0.1, -0.05) is 6.07 Å². The lowest BCUT2D eigenvalue weighted by Gasteiger charge is -2.07. The molecular formula is C15H8ClN3OS. The quantitative estimate of drug-likeness (QED) is 0.504. The molecule has 3 aromatic heterocycles. The molecule has 3 heterocycles. The van der Waals surface area contributed by atoms with E-state index in [0.717, 1.165) is 21.1 Å². The Bertz CT molecular complexity index is 954. The molecule has 0 amide bonds. The Hall–Kier alpha value is -2.24. The second kappa shape index (κ2) is 4.95. The summed E-state index contributed by atoms with van der Waals surface area (Å²) in [4.78, 5) is 13.5. The van der Waals surface area contributed by atoms with E-state index in [2.05, 4.69) is 15.0 Å². The fraction of sp³-hybridized carbons (Fsp3) is 0. The van der Waals surface area contributed by atoms with E-state index in [1.165, 1.54) is 11.3 Å². The molecule has 4 nitrogen and oxygen atoms in total. The van der Waals surface area contributed by atoms with Crippen LogP contribution in [0.1, 0.15) is 0 Å². The topological polar surface area (TPSA) is 47.9 Å². The lowest BCUT2D eigenvalue weighted by atomic mass is 10.2. The van der Waals surface area contributed by atoms with E-state index >= 15 is 0 Å². The van der Waals surface area contributed by atoms with Crippen molar-refractivity contribution in [1.82, 2.24) is 15.0 Å². The average Bonchev–Trinajstić information content (AvgIpc) is 2.95. The van der Waals surface area contributed by atoms with Crippen molar-refractivity contribution in [2.75, 3.05) is 0 Å². The standard InChI is InChI=1S/C15H8ClN3OS/c16-15-18-13(11-5-7-21-14(11)19-15)20-10-4-3-9-2-1-6-17-12(9)8-10/h1-8H. The van der Waals surface area contributed by atoms with Crippen molar-refractivity contribution in [3.63, 3.8) is 0 Å². The van der Waals surface area contributed by atoms with Crippen LogP contribution in [0.25, 0.3) is 21.1 Å². The van der Waals surface area contributed by atoms with E-state index in [-0.39, 0.29) is 5.28 Å². The summed E-state index contributed by atoms with van der Waals surface area (Å²) in [5, 5.41) is 4.03. The molecule has 0 aliphatic heterocycles. The molecule has 0 aliphatic rings. The van der Waals surface area contributed by atoms with Gasteiger partial charge >= 0.3 is 0 Å². The maximum absolute atomic E-state index is 5.93. The Labute approximate surface area is 129 Å². The summed E-state index contributed by atoms with van der Waals surface area (Å²) < 4.78 is 5.87. The summed E-state index contributed by atoms with van der Waals surface area (Å²) in [6, 6.07) is 11.6. The average molecular weight is 314 g/mol. The summed E-state index contributed by atoms with van der Waals surface area (Å²) in [6.45, 7) is 0. The van der Waals surface area contributed by atoms with Crippen LogP contribution in [0.5, 0.6) is 11.6 Å². The van der Waals surface area contributed by atoms with Gasteiger partial charge in [-0.05, 0) is 41.2 Å². The summed E-state index contributed by atoms with van der Waals surface area (Å²) in [7, 11) is 0. The van der Waals surface area contributed by atoms with Gasteiger partial charge in [-0.15, -0.1) is 11.3 Å². The Morgan fingerprint density at radius 2 is 2.05 bits per heavy atom. The Morgan fingerprint density at radius 1 is 1.10 bits per heavy atom. The van der Waals surface area contributed by atoms with Crippen molar-refractivity contribution in [3.05, 3.63) is 53.3 Å². The van der Waals surface area contributed by atoms with Crippen molar-refractivity contribution in [2.45, 2.75) is 0 Å². The molecule has 4 aromatic rings. The van der Waals surface area contributed by atoms with E-state index in [0.29, 0.717) is 11.6 Å². The number of thiophene rings is 1. The van der Waals surface area contributed by atoms with Crippen LogP contribution in [0, 0.1) is 0 Å². The highest BCUT2D eigenvalue weighted by atomic mass is 35.5. The number of benzene rings is 1. The lowest BCUT2D eigenvalue weighted by Crippen LogP contribution is -1.91. The molecule has 0 saturated heterocycles. The van der Waals surface area contributed by atoms with Crippen LogP contribution in [-0.2, 0) is 0 Å². The van der Waals surface area contributed by atoms with Gasteiger partial charge in [0, 0.05) is 17.6 Å². The van der Waals surface area contributed by atoms with Crippen molar-refractivity contribution >= 4 is 44.1 Å². The minimum absolute atomic E-state index is 0.180. The third kappa shape index (κ3) is 2.30. The van der Waals surface area contributed by atoms with Crippen LogP contribution >= 0.6 is 22.9 Å². The Morgan fingerprint density at radius 3 is 3.00 bits per heavy atom. The van der Waals surface area contributed by atoms with Crippen LogP contribution in [0.4, 0.5) is 0 Å². The van der Waals surface area contributed by atoms with Gasteiger partial charge in [0.15, 0.2) is 0 Å². The number of rotatable bonds is 2. The number of hydrogen-bond donors (Lipinski definition) is 0. The highest BCUT2D eigenvalue weighted by molar-refractivity contribution is 7.16. The summed E-state index contributed by atoms with van der Waals surface area (Å²) in [6.07, 6.45) is 1.75. The molecule has 4 rings (SSSR count). The molecule has 0 saturated carbocycles. The number of nitrogens with zero attached hydrogens (tertiary/aromatic N) is 3. The van der Waals surface area contributed by atoms with Gasteiger partial charge in [0.2, 0.25) is 11.2 Å². The molecule has 6 heteroatoms. The zero-order valence-corrected chi connectivity index (χ0v) is 12.2. The fourth-order valence-electron chi connectivity index (χ4n) is 2.10. The monoisotopic (exact) mass is 313 g/mol. The van der Waals surface area contributed by atoms with Crippen molar-refractivity contribution in [2.24, 2.45) is 0 Å². The first-order valence-electron chi connectivity index (χ1n) is 6.23. The van der Waals surface area contributed by atoms with Crippen LogP contribution in [0.2, 0.25) is 5.28 Å². The number of pyridine rings is 1. The van der Waals surface area contributed by atoms with Crippen LogP contribution in [0.3, 0.4) is 0 Å². The van der Waals surface area contributed by atoms with E-state index in [9.17, 15) is 0 Å². The molecule has 0 radical (unpaired) electrons. The van der Waals surface area contributed by atoms with Crippen LogP contribution < -0.4 is 4.74 Å². The van der Waals surface area contributed by atoms with Gasteiger partial charge in [0.1, 0.15) is 10.6 Å². The number of halogens is 1. The summed E-state index contributed by atoms with van der Waals surface area (Å²) >= 11 is 7.43. The first kappa shape index (κ1) is 12.5. The molecule has 0 spiro atoms. The van der Waals surface area contributed by atoms with Crippen molar-refractivity contribution in [1.29, 1.82) is 0 Å².